The largest absolute Gasteiger partial charge is 0.380 e. The monoisotopic (exact) mass is 226 g/mol. The van der Waals surface area contributed by atoms with Crippen LogP contribution in [0.5, 0.6) is 0 Å². The van der Waals surface area contributed by atoms with Crippen molar-refractivity contribution in [1.29, 1.82) is 0 Å². The molecule has 1 aliphatic heterocycles. The highest BCUT2D eigenvalue weighted by Crippen LogP contribution is 2.18. The maximum absolute atomic E-state index is 5.76. The summed E-state index contributed by atoms with van der Waals surface area (Å²) >= 11 is 0. The van der Waals surface area contributed by atoms with Crippen LogP contribution >= 0.6 is 0 Å². The second kappa shape index (κ2) is 6.58. The lowest BCUT2D eigenvalue weighted by atomic mass is 10.0. The summed E-state index contributed by atoms with van der Waals surface area (Å²) < 4.78 is 5.76. The van der Waals surface area contributed by atoms with Crippen LogP contribution in [0.25, 0.3) is 0 Å². The number of nitrogens with one attached hydrogen (secondary N) is 1. The number of ether oxygens (including phenoxy) is 1. The minimum absolute atomic E-state index is 0.671. The van der Waals surface area contributed by atoms with E-state index in [1.165, 1.54) is 38.6 Å². The molecule has 1 saturated heterocycles. The maximum atomic E-state index is 5.76. The zero-order valence-corrected chi connectivity index (χ0v) is 10.6. The molecular weight excluding hydrogens is 200 g/mol. The van der Waals surface area contributed by atoms with Gasteiger partial charge in [0.15, 0.2) is 0 Å². The highest BCUT2D eigenvalue weighted by atomic mass is 16.5. The lowest BCUT2D eigenvalue weighted by Gasteiger charge is -2.32. The predicted octanol–water partition coefficient (Wildman–Crippen LogP) is 1.63. The number of nitrogens with zero attached hydrogens (tertiary/aromatic N) is 1. The number of likely N-dealkylation sites (N-methyl/N-ethyl adjacent to an activating group) is 1. The van der Waals surface area contributed by atoms with Gasteiger partial charge in [0.1, 0.15) is 0 Å². The Labute approximate surface area is 99.5 Å². The van der Waals surface area contributed by atoms with E-state index in [1.807, 2.05) is 0 Å². The second-order valence-corrected chi connectivity index (χ2v) is 5.29. The Morgan fingerprint density at radius 2 is 2.12 bits per heavy atom. The topological polar surface area (TPSA) is 24.5 Å². The van der Waals surface area contributed by atoms with Crippen LogP contribution in [0.15, 0.2) is 0 Å². The van der Waals surface area contributed by atoms with Crippen molar-refractivity contribution in [2.75, 3.05) is 33.4 Å². The molecule has 1 heterocycles. The number of hydrogen-bond donors (Lipinski definition) is 1. The Morgan fingerprint density at radius 1 is 1.25 bits per heavy atom. The Morgan fingerprint density at radius 3 is 2.88 bits per heavy atom. The number of rotatable bonds is 7. The van der Waals surface area contributed by atoms with E-state index < -0.39 is 0 Å². The first-order valence-electron chi connectivity index (χ1n) is 6.87. The lowest BCUT2D eigenvalue weighted by Crippen LogP contribution is -2.39. The number of likely N-dealkylation sites (tertiary alicyclic amines) is 1. The van der Waals surface area contributed by atoms with E-state index >= 15 is 0 Å². The molecule has 2 aliphatic rings. The molecule has 1 unspecified atom stereocenters. The van der Waals surface area contributed by atoms with Gasteiger partial charge in [-0.15, -0.1) is 0 Å². The molecule has 0 bridgehead atoms. The quantitative estimate of drug-likeness (QED) is 0.668. The minimum atomic E-state index is 0.671. The molecule has 0 radical (unpaired) electrons. The molecule has 1 aliphatic carbocycles. The van der Waals surface area contributed by atoms with Crippen molar-refractivity contribution in [3.05, 3.63) is 0 Å². The van der Waals surface area contributed by atoms with E-state index in [9.17, 15) is 0 Å². The smallest absolute Gasteiger partial charge is 0.0621 e. The highest BCUT2D eigenvalue weighted by molar-refractivity contribution is 4.80. The van der Waals surface area contributed by atoms with Gasteiger partial charge in [0, 0.05) is 18.7 Å². The Bertz CT molecular complexity index is 194. The second-order valence-electron chi connectivity index (χ2n) is 5.29. The van der Waals surface area contributed by atoms with Crippen LogP contribution in [-0.4, -0.2) is 50.3 Å². The SMILES string of the molecule is CN1CCCCC1COCCCNC1CC1. The molecule has 1 saturated carbocycles. The molecule has 2 rings (SSSR count). The molecule has 94 valence electrons. The van der Waals surface area contributed by atoms with Crippen molar-refractivity contribution < 1.29 is 4.74 Å². The van der Waals surface area contributed by atoms with Crippen LogP contribution in [0.1, 0.15) is 38.5 Å². The fourth-order valence-electron chi connectivity index (χ4n) is 2.34. The number of hydrogen-bond acceptors (Lipinski definition) is 3. The number of piperidine rings is 1. The van der Waals surface area contributed by atoms with E-state index in [-0.39, 0.29) is 0 Å². The normalized spacial score (nSPS) is 27.2. The molecule has 0 aromatic carbocycles. The zero-order chi connectivity index (χ0) is 11.2. The molecule has 3 nitrogen and oxygen atoms in total. The van der Waals surface area contributed by atoms with Gasteiger partial charge >= 0.3 is 0 Å². The summed E-state index contributed by atoms with van der Waals surface area (Å²) in [6.07, 6.45) is 7.98. The Kier molecular flexibility index (Phi) is 5.07. The van der Waals surface area contributed by atoms with Gasteiger partial charge in [-0.05, 0) is 52.2 Å². The zero-order valence-electron chi connectivity index (χ0n) is 10.6. The average molecular weight is 226 g/mol. The van der Waals surface area contributed by atoms with Crippen molar-refractivity contribution in [2.45, 2.75) is 50.6 Å². The summed E-state index contributed by atoms with van der Waals surface area (Å²) in [5.74, 6) is 0. The van der Waals surface area contributed by atoms with Crippen molar-refractivity contribution in [1.82, 2.24) is 10.2 Å². The van der Waals surface area contributed by atoms with Crippen LogP contribution in [0.4, 0.5) is 0 Å². The summed E-state index contributed by atoms with van der Waals surface area (Å²) in [5.41, 5.74) is 0. The van der Waals surface area contributed by atoms with E-state index in [0.29, 0.717) is 6.04 Å². The van der Waals surface area contributed by atoms with Gasteiger partial charge in [-0.1, -0.05) is 6.42 Å². The minimum Gasteiger partial charge on any atom is -0.380 e. The van der Waals surface area contributed by atoms with Gasteiger partial charge in [-0.2, -0.15) is 0 Å². The average Bonchev–Trinajstić information content (AvgIpc) is 3.09. The predicted molar refractivity (Wildman–Crippen MR) is 66.7 cm³/mol. The van der Waals surface area contributed by atoms with Crippen molar-refractivity contribution in [3.8, 4) is 0 Å². The summed E-state index contributed by atoms with van der Waals surface area (Å²) in [4.78, 5) is 2.45. The summed E-state index contributed by atoms with van der Waals surface area (Å²) in [7, 11) is 2.22. The van der Waals surface area contributed by atoms with Crippen LogP contribution in [0, 0.1) is 0 Å². The van der Waals surface area contributed by atoms with Gasteiger partial charge in [0.25, 0.3) is 0 Å². The molecule has 16 heavy (non-hydrogen) atoms. The van der Waals surface area contributed by atoms with Crippen molar-refractivity contribution in [3.63, 3.8) is 0 Å². The van der Waals surface area contributed by atoms with Crippen LogP contribution in [-0.2, 0) is 4.74 Å². The molecule has 3 heteroatoms. The molecular formula is C13H26N2O. The van der Waals surface area contributed by atoms with Gasteiger partial charge in [0.2, 0.25) is 0 Å². The maximum Gasteiger partial charge on any atom is 0.0621 e. The summed E-state index contributed by atoms with van der Waals surface area (Å²) in [6.45, 7) is 4.23. The van der Waals surface area contributed by atoms with Gasteiger partial charge in [0.05, 0.1) is 6.61 Å². The third-order valence-corrected chi connectivity index (χ3v) is 3.71. The molecule has 0 amide bonds. The Balaban J connectivity index is 1.43. The first-order chi connectivity index (χ1) is 7.86. The van der Waals surface area contributed by atoms with Crippen LogP contribution < -0.4 is 5.32 Å². The third kappa shape index (κ3) is 4.40. The fraction of sp³-hybridized carbons (Fsp3) is 1.00. The van der Waals surface area contributed by atoms with Gasteiger partial charge < -0.3 is 15.0 Å². The highest BCUT2D eigenvalue weighted by Gasteiger charge is 2.20. The standard InChI is InChI=1S/C13H26N2O/c1-15-9-3-2-5-13(15)11-16-10-4-8-14-12-6-7-12/h12-14H,2-11H2,1H3. The first-order valence-corrected chi connectivity index (χ1v) is 6.87. The van der Waals surface area contributed by atoms with Crippen LogP contribution in [0.2, 0.25) is 0 Å². The van der Waals surface area contributed by atoms with E-state index in [1.54, 1.807) is 0 Å². The fourth-order valence-corrected chi connectivity index (χ4v) is 2.34. The van der Waals surface area contributed by atoms with Crippen molar-refractivity contribution >= 4 is 0 Å². The molecule has 0 aromatic heterocycles. The van der Waals surface area contributed by atoms with Gasteiger partial charge in [-0.25, -0.2) is 0 Å². The van der Waals surface area contributed by atoms with Gasteiger partial charge in [-0.3, -0.25) is 0 Å². The van der Waals surface area contributed by atoms with E-state index in [2.05, 4.69) is 17.3 Å². The molecule has 0 aromatic rings. The summed E-state index contributed by atoms with van der Waals surface area (Å²) in [6, 6.07) is 1.51. The molecule has 0 spiro atoms. The lowest BCUT2D eigenvalue weighted by molar-refractivity contribution is 0.0520. The van der Waals surface area contributed by atoms with E-state index in [0.717, 1.165) is 32.2 Å². The van der Waals surface area contributed by atoms with Crippen LogP contribution in [0.3, 0.4) is 0 Å². The Hall–Kier alpha value is -0.120. The molecule has 1 atom stereocenters. The summed E-state index contributed by atoms with van der Waals surface area (Å²) in [5, 5.41) is 3.51. The van der Waals surface area contributed by atoms with E-state index in [4.69, 9.17) is 4.74 Å². The third-order valence-electron chi connectivity index (χ3n) is 3.71. The molecule has 2 fully saturated rings. The first kappa shape index (κ1) is 12.3. The molecule has 1 N–H and O–H groups in total. The van der Waals surface area contributed by atoms with Crippen molar-refractivity contribution in [2.24, 2.45) is 0 Å².